The van der Waals surface area contributed by atoms with Crippen molar-refractivity contribution in [2.24, 2.45) is 4.99 Å². The summed E-state index contributed by atoms with van der Waals surface area (Å²) in [6, 6.07) is 5.50. The minimum atomic E-state index is 0.286. The van der Waals surface area contributed by atoms with Gasteiger partial charge >= 0.3 is 0 Å². The molecule has 3 nitrogen and oxygen atoms in total. The van der Waals surface area contributed by atoms with Gasteiger partial charge in [-0.05, 0) is 33.2 Å². The number of phenols is 1. The minimum absolute atomic E-state index is 0.286. The highest BCUT2D eigenvalue weighted by molar-refractivity contribution is 5.83. The third kappa shape index (κ3) is 4.13. The third-order valence-electron chi connectivity index (χ3n) is 2.09. The zero-order valence-corrected chi connectivity index (χ0v) is 9.57. The first kappa shape index (κ1) is 11.7. The zero-order valence-electron chi connectivity index (χ0n) is 9.57. The lowest BCUT2D eigenvalue weighted by Crippen LogP contribution is -2.15. The number of likely N-dealkylation sites (N-methyl/N-ethyl adjacent to an activating group) is 1. The van der Waals surface area contributed by atoms with E-state index < -0.39 is 0 Å². The molecule has 0 aliphatic heterocycles. The van der Waals surface area contributed by atoms with Crippen molar-refractivity contribution in [3.8, 4) is 5.75 Å². The Morgan fingerprint density at radius 2 is 2.13 bits per heavy atom. The van der Waals surface area contributed by atoms with Gasteiger partial charge in [-0.1, -0.05) is 11.6 Å². The second-order valence-electron chi connectivity index (χ2n) is 3.90. The summed E-state index contributed by atoms with van der Waals surface area (Å²) >= 11 is 0. The molecule has 0 atom stereocenters. The second-order valence-corrected chi connectivity index (χ2v) is 3.90. The number of hydrogen-bond donors (Lipinski definition) is 1. The van der Waals surface area contributed by atoms with Crippen molar-refractivity contribution in [2.45, 2.75) is 6.92 Å². The first-order chi connectivity index (χ1) is 7.09. The molecule has 0 radical (unpaired) electrons. The van der Waals surface area contributed by atoms with Crippen LogP contribution in [0.3, 0.4) is 0 Å². The van der Waals surface area contributed by atoms with E-state index in [9.17, 15) is 5.11 Å². The van der Waals surface area contributed by atoms with E-state index in [1.165, 1.54) is 0 Å². The molecule has 1 N–H and O–H groups in total. The molecule has 82 valence electrons. The maximum absolute atomic E-state index is 9.54. The van der Waals surface area contributed by atoms with E-state index in [1.807, 2.05) is 33.2 Å². The van der Waals surface area contributed by atoms with Crippen LogP contribution in [0.25, 0.3) is 0 Å². The Morgan fingerprint density at radius 3 is 2.80 bits per heavy atom. The molecule has 0 aliphatic rings. The van der Waals surface area contributed by atoms with E-state index in [0.717, 1.165) is 24.2 Å². The molecule has 0 heterocycles. The van der Waals surface area contributed by atoms with Crippen LogP contribution < -0.4 is 0 Å². The van der Waals surface area contributed by atoms with Gasteiger partial charge in [0.2, 0.25) is 0 Å². The summed E-state index contributed by atoms with van der Waals surface area (Å²) in [5, 5.41) is 9.54. The van der Waals surface area contributed by atoms with Gasteiger partial charge in [-0.15, -0.1) is 0 Å². The molecular formula is C12H18N2O. The topological polar surface area (TPSA) is 35.8 Å². The molecule has 0 saturated carbocycles. The van der Waals surface area contributed by atoms with Gasteiger partial charge in [0.15, 0.2) is 0 Å². The number of rotatable bonds is 4. The van der Waals surface area contributed by atoms with Crippen LogP contribution in [-0.2, 0) is 0 Å². The van der Waals surface area contributed by atoms with E-state index >= 15 is 0 Å². The molecule has 0 aromatic heterocycles. The van der Waals surface area contributed by atoms with Crippen molar-refractivity contribution >= 4 is 6.21 Å². The summed E-state index contributed by atoms with van der Waals surface area (Å²) in [7, 11) is 4.03. The normalized spacial score (nSPS) is 11.5. The summed E-state index contributed by atoms with van der Waals surface area (Å²) < 4.78 is 0. The molecule has 1 aromatic rings. The average Bonchev–Trinajstić information content (AvgIpc) is 2.17. The van der Waals surface area contributed by atoms with E-state index in [4.69, 9.17) is 0 Å². The Balaban J connectivity index is 2.59. The van der Waals surface area contributed by atoms with Crippen molar-refractivity contribution in [1.82, 2.24) is 4.90 Å². The standard InChI is InChI=1S/C12H18N2O/c1-10-4-5-12(15)11(8-10)9-13-6-7-14(2)3/h4-5,8-9,15H,6-7H2,1-3H3. The van der Waals surface area contributed by atoms with Crippen LogP contribution in [0.15, 0.2) is 23.2 Å². The molecule has 0 saturated heterocycles. The van der Waals surface area contributed by atoms with E-state index in [2.05, 4.69) is 9.89 Å². The highest BCUT2D eigenvalue weighted by Crippen LogP contribution is 2.15. The maximum atomic E-state index is 9.54. The van der Waals surface area contributed by atoms with Gasteiger partial charge in [0.25, 0.3) is 0 Å². The van der Waals surface area contributed by atoms with Gasteiger partial charge in [0.05, 0.1) is 6.54 Å². The molecule has 1 aromatic carbocycles. The molecule has 0 unspecified atom stereocenters. The predicted octanol–water partition coefficient (Wildman–Crippen LogP) is 1.68. The molecular weight excluding hydrogens is 188 g/mol. The third-order valence-corrected chi connectivity index (χ3v) is 2.09. The number of nitrogens with zero attached hydrogens (tertiary/aromatic N) is 2. The van der Waals surface area contributed by atoms with Crippen molar-refractivity contribution < 1.29 is 5.11 Å². The Labute approximate surface area is 91.1 Å². The first-order valence-corrected chi connectivity index (χ1v) is 5.04. The Hall–Kier alpha value is -1.35. The summed E-state index contributed by atoms with van der Waals surface area (Å²) in [6.45, 7) is 3.67. The molecule has 1 rings (SSSR count). The molecule has 0 bridgehead atoms. The van der Waals surface area contributed by atoms with Crippen molar-refractivity contribution in [3.63, 3.8) is 0 Å². The fourth-order valence-electron chi connectivity index (χ4n) is 1.20. The molecule has 0 fully saturated rings. The van der Waals surface area contributed by atoms with Crippen molar-refractivity contribution in [3.05, 3.63) is 29.3 Å². The SMILES string of the molecule is Cc1ccc(O)c(C=NCCN(C)C)c1. The number of hydrogen-bond acceptors (Lipinski definition) is 3. The van der Waals surface area contributed by atoms with Crippen LogP contribution in [0.5, 0.6) is 5.75 Å². The fourth-order valence-corrected chi connectivity index (χ4v) is 1.20. The van der Waals surface area contributed by atoms with Crippen molar-refractivity contribution in [1.29, 1.82) is 0 Å². The van der Waals surface area contributed by atoms with Crippen LogP contribution in [0.1, 0.15) is 11.1 Å². The molecule has 0 spiro atoms. The van der Waals surface area contributed by atoms with Gasteiger partial charge in [-0.25, -0.2) is 0 Å². The van der Waals surface area contributed by atoms with E-state index in [-0.39, 0.29) is 5.75 Å². The highest BCUT2D eigenvalue weighted by atomic mass is 16.3. The van der Waals surface area contributed by atoms with Crippen LogP contribution in [0.2, 0.25) is 0 Å². The number of phenolic OH excluding ortho intramolecular Hbond substituents is 1. The average molecular weight is 206 g/mol. The van der Waals surface area contributed by atoms with Crippen LogP contribution in [0.4, 0.5) is 0 Å². The smallest absolute Gasteiger partial charge is 0.124 e. The zero-order chi connectivity index (χ0) is 11.3. The highest BCUT2D eigenvalue weighted by Gasteiger charge is 1.97. The lowest BCUT2D eigenvalue weighted by atomic mass is 10.1. The van der Waals surface area contributed by atoms with Crippen LogP contribution in [0, 0.1) is 6.92 Å². The van der Waals surface area contributed by atoms with Gasteiger partial charge in [0, 0.05) is 18.3 Å². The summed E-state index contributed by atoms with van der Waals surface area (Å²) in [4.78, 5) is 6.33. The lowest BCUT2D eigenvalue weighted by Gasteiger charge is -2.05. The number of aromatic hydroxyl groups is 1. The van der Waals surface area contributed by atoms with Gasteiger partial charge < -0.3 is 10.0 Å². The monoisotopic (exact) mass is 206 g/mol. The number of aryl methyl sites for hydroxylation is 1. The second kappa shape index (κ2) is 5.51. The molecule has 15 heavy (non-hydrogen) atoms. The maximum Gasteiger partial charge on any atom is 0.124 e. The minimum Gasteiger partial charge on any atom is -0.507 e. The summed E-state index contributed by atoms with van der Waals surface area (Å²) in [5.41, 5.74) is 1.91. The molecule has 0 aliphatic carbocycles. The van der Waals surface area contributed by atoms with E-state index in [1.54, 1.807) is 12.3 Å². The van der Waals surface area contributed by atoms with Crippen molar-refractivity contribution in [2.75, 3.05) is 27.2 Å². The van der Waals surface area contributed by atoms with Crippen LogP contribution >= 0.6 is 0 Å². The van der Waals surface area contributed by atoms with E-state index in [0.29, 0.717) is 0 Å². The lowest BCUT2D eigenvalue weighted by molar-refractivity contribution is 0.421. The predicted molar refractivity (Wildman–Crippen MR) is 63.9 cm³/mol. The van der Waals surface area contributed by atoms with Gasteiger partial charge in [-0.3, -0.25) is 4.99 Å². The number of benzene rings is 1. The summed E-state index contributed by atoms with van der Waals surface area (Å²) in [6.07, 6.45) is 1.73. The largest absolute Gasteiger partial charge is 0.507 e. The first-order valence-electron chi connectivity index (χ1n) is 5.04. The van der Waals surface area contributed by atoms with Gasteiger partial charge in [0.1, 0.15) is 5.75 Å². The Kier molecular flexibility index (Phi) is 4.31. The Bertz CT molecular complexity index is 345. The quantitative estimate of drug-likeness (QED) is 0.761. The fraction of sp³-hybridized carbons (Fsp3) is 0.417. The molecule has 0 amide bonds. The summed E-state index contributed by atoms with van der Waals surface area (Å²) in [5.74, 6) is 0.286. The van der Waals surface area contributed by atoms with Crippen LogP contribution in [-0.4, -0.2) is 43.4 Å². The molecule has 3 heteroatoms. The van der Waals surface area contributed by atoms with Gasteiger partial charge in [-0.2, -0.15) is 0 Å². The number of aliphatic imine (C=N–C) groups is 1. The Morgan fingerprint density at radius 1 is 1.40 bits per heavy atom.